The number of hydrogen-bond donors (Lipinski definition) is 4. The van der Waals surface area contributed by atoms with Crippen LogP contribution in [0.4, 0.5) is 4.39 Å². The molecule has 1 saturated carbocycles. The first-order valence-corrected chi connectivity index (χ1v) is 12.5. The summed E-state index contributed by atoms with van der Waals surface area (Å²) in [4.78, 5) is 38.3. The van der Waals surface area contributed by atoms with Crippen molar-refractivity contribution in [3.05, 3.63) is 48.0 Å². The average Bonchev–Trinajstić information content (AvgIpc) is 2.86. The molecule has 2 aromatic rings. The first-order chi connectivity index (χ1) is 16.8. The Bertz CT molecular complexity index is 1020. The average molecular weight is 486 g/mol. The Labute approximate surface area is 205 Å². The van der Waals surface area contributed by atoms with Gasteiger partial charge in [-0.2, -0.15) is 0 Å². The number of hydrogen-bond acceptors (Lipinski definition) is 4. The molecule has 3 rings (SSSR count). The fourth-order valence-electron chi connectivity index (χ4n) is 4.84. The standard InChI is InChI=1S/C27H36FN3O4/c1-17(2)15-22(24(28)27(34)31-35)25(32)30-23(26(33)29-20-12-4-3-5-13-20)16-19-11-8-10-18-9-6-7-14-21(18)19/h6-11,14,17,20,22-24,35H,3-5,12-13,15-16H2,1-2H3,(H,29,33)(H,30,32)(H,31,34)/t22-,23+,24-/m1/s1. The lowest BCUT2D eigenvalue weighted by atomic mass is 9.90. The molecule has 0 aromatic heterocycles. The molecular weight excluding hydrogens is 449 g/mol. The van der Waals surface area contributed by atoms with E-state index in [1.807, 2.05) is 56.3 Å². The van der Waals surface area contributed by atoms with Gasteiger partial charge in [0, 0.05) is 12.5 Å². The van der Waals surface area contributed by atoms with Crippen molar-refractivity contribution in [1.29, 1.82) is 0 Å². The van der Waals surface area contributed by atoms with Gasteiger partial charge in [0.2, 0.25) is 11.8 Å². The number of hydroxylamine groups is 1. The summed E-state index contributed by atoms with van der Waals surface area (Å²) in [7, 11) is 0. The summed E-state index contributed by atoms with van der Waals surface area (Å²) in [6, 6.07) is 12.7. The fourth-order valence-corrected chi connectivity index (χ4v) is 4.84. The van der Waals surface area contributed by atoms with Crippen LogP contribution in [0.5, 0.6) is 0 Å². The van der Waals surface area contributed by atoms with Crippen LogP contribution < -0.4 is 16.1 Å². The van der Waals surface area contributed by atoms with Crippen LogP contribution in [0.15, 0.2) is 42.5 Å². The Morgan fingerprint density at radius 1 is 0.971 bits per heavy atom. The molecule has 190 valence electrons. The molecule has 7 nitrogen and oxygen atoms in total. The highest BCUT2D eigenvalue weighted by Gasteiger charge is 2.36. The molecule has 35 heavy (non-hydrogen) atoms. The Balaban J connectivity index is 1.86. The molecule has 3 amide bonds. The Hall–Kier alpha value is -3.00. The van der Waals surface area contributed by atoms with Crippen molar-refractivity contribution in [3.8, 4) is 0 Å². The summed E-state index contributed by atoms with van der Waals surface area (Å²) in [6.45, 7) is 3.63. The normalized spacial score (nSPS) is 16.9. The van der Waals surface area contributed by atoms with Crippen molar-refractivity contribution >= 4 is 28.5 Å². The van der Waals surface area contributed by atoms with Crippen molar-refractivity contribution in [3.63, 3.8) is 0 Å². The minimum absolute atomic E-state index is 0.0451. The van der Waals surface area contributed by atoms with Gasteiger partial charge in [0.15, 0.2) is 6.17 Å². The smallest absolute Gasteiger partial charge is 0.278 e. The Kier molecular flexibility index (Phi) is 9.60. The number of alkyl halides is 1. The molecule has 1 fully saturated rings. The highest BCUT2D eigenvalue weighted by molar-refractivity contribution is 5.93. The molecule has 0 spiro atoms. The van der Waals surface area contributed by atoms with Gasteiger partial charge >= 0.3 is 0 Å². The van der Waals surface area contributed by atoms with Crippen LogP contribution in [0.1, 0.15) is 57.9 Å². The molecule has 1 aliphatic carbocycles. The molecule has 0 unspecified atom stereocenters. The second-order valence-corrected chi connectivity index (χ2v) is 9.86. The van der Waals surface area contributed by atoms with E-state index in [4.69, 9.17) is 5.21 Å². The zero-order chi connectivity index (χ0) is 25.4. The van der Waals surface area contributed by atoms with Gasteiger partial charge < -0.3 is 10.6 Å². The summed E-state index contributed by atoms with van der Waals surface area (Å²) in [6.07, 6.45) is 3.09. The van der Waals surface area contributed by atoms with Crippen LogP contribution in [0, 0.1) is 11.8 Å². The molecule has 0 saturated heterocycles. The van der Waals surface area contributed by atoms with Crippen molar-refractivity contribution in [2.75, 3.05) is 0 Å². The number of benzene rings is 2. The van der Waals surface area contributed by atoms with Crippen molar-refractivity contribution in [2.24, 2.45) is 11.8 Å². The molecular formula is C27H36FN3O4. The third kappa shape index (κ3) is 7.24. The molecule has 8 heteroatoms. The lowest BCUT2D eigenvalue weighted by molar-refractivity contribution is -0.142. The van der Waals surface area contributed by atoms with Gasteiger partial charge in [-0.15, -0.1) is 0 Å². The number of carbonyl (C=O) groups is 3. The lowest BCUT2D eigenvalue weighted by Gasteiger charge is -2.28. The minimum Gasteiger partial charge on any atom is -0.352 e. The quantitative estimate of drug-likeness (QED) is 0.303. The number of rotatable bonds is 10. The number of carbonyl (C=O) groups excluding carboxylic acids is 3. The predicted molar refractivity (Wildman–Crippen MR) is 132 cm³/mol. The van der Waals surface area contributed by atoms with Crippen LogP contribution in [0.3, 0.4) is 0 Å². The van der Waals surface area contributed by atoms with Crippen molar-refractivity contribution in [1.82, 2.24) is 16.1 Å². The van der Waals surface area contributed by atoms with Gasteiger partial charge in [0.05, 0.1) is 5.92 Å². The van der Waals surface area contributed by atoms with E-state index < -0.39 is 29.9 Å². The van der Waals surface area contributed by atoms with E-state index in [1.165, 1.54) is 5.48 Å². The minimum atomic E-state index is -2.23. The third-order valence-electron chi connectivity index (χ3n) is 6.66. The number of amides is 3. The van der Waals surface area contributed by atoms with E-state index >= 15 is 0 Å². The highest BCUT2D eigenvalue weighted by atomic mass is 19.1. The highest BCUT2D eigenvalue weighted by Crippen LogP contribution is 2.23. The Morgan fingerprint density at radius 3 is 2.34 bits per heavy atom. The Morgan fingerprint density at radius 2 is 1.66 bits per heavy atom. The summed E-state index contributed by atoms with van der Waals surface area (Å²) >= 11 is 0. The fraction of sp³-hybridized carbons (Fsp3) is 0.519. The van der Waals surface area contributed by atoms with Crippen LogP contribution in [0.2, 0.25) is 0 Å². The first-order valence-electron chi connectivity index (χ1n) is 12.5. The van der Waals surface area contributed by atoms with E-state index in [0.29, 0.717) is 0 Å². The SMILES string of the molecule is CC(C)C[C@@H](C(=O)N[C@@H](Cc1cccc2ccccc12)C(=O)NC1CCCCC1)[C@@H](F)C(=O)NO. The van der Waals surface area contributed by atoms with Crippen molar-refractivity contribution in [2.45, 2.75) is 77.0 Å². The van der Waals surface area contributed by atoms with Gasteiger partial charge in [0.1, 0.15) is 6.04 Å². The van der Waals surface area contributed by atoms with Crippen LogP contribution >= 0.6 is 0 Å². The van der Waals surface area contributed by atoms with Crippen molar-refractivity contribution < 1.29 is 24.0 Å². The topological polar surface area (TPSA) is 108 Å². The van der Waals surface area contributed by atoms with Crippen LogP contribution in [-0.2, 0) is 20.8 Å². The lowest BCUT2D eigenvalue weighted by Crippen LogP contribution is -2.54. The monoisotopic (exact) mass is 485 g/mol. The first kappa shape index (κ1) is 26.6. The maximum absolute atomic E-state index is 14.8. The molecule has 0 heterocycles. The molecule has 0 radical (unpaired) electrons. The third-order valence-corrected chi connectivity index (χ3v) is 6.66. The van der Waals surface area contributed by atoms with Gasteiger partial charge in [-0.25, -0.2) is 9.87 Å². The van der Waals surface area contributed by atoms with E-state index in [9.17, 15) is 18.8 Å². The maximum atomic E-state index is 14.8. The second-order valence-electron chi connectivity index (χ2n) is 9.86. The molecule has 0 aliphatic heterocycles. The zero-order valence-corrected chi connectivity index (χ0v) is 20.4. The zero-order valence-electron chi connectivity index (χ0n) is 20.4. The maximum Gasteiger partial charge on any atom is 0.278 e. The van der Waals surface area contributed by atoms with Crippen LogP contribution in [0.25, 0.3) is 10.8 Å². The molecule has 0 bridgehead atoms. The van der Waals surface area contributed by atoms with Gasteiger partial charge in [0.25, 0.3) is 5.91 Å². The van der Waals surface area contributed by atoms with Crippen LogP contribution in [-0.4, -0.2) is 41.2 Å². The summed E-state index contributed by atoms with van der Waals surface area (Å²) in [5.74, 6) is -3.73. The van der Waals surface area contributed by atoms with Gasteiger partial charge in [-0.3, -0.25) is 19.6 Å². The number of fused-ring (bicyclic) bond motifs is 1. The van der Waals surface area contributed by atoms with E-state index in [2.05, 4.69) is 10.6 Å². The summed E-state index contributed by atoms with van der Waals surface area (Å²) < 4.78 is 14.8. The second kappa shape index (κ2) is 12.6. The largest absolute Gasteiger partial charge is 0.352 e. The van der Waals surface area contributed by atoms with Gasteiger partial charge in [-0.1, -0.05) is 75.6 Å². The number of halogens is 1. The van der Waals surface area contributed by atoms with E-state index in [-0.39, 0.29) is 30.7 Å². The summed E-state index contributed by atoms with van der Waals surface area (Å²) in [5.41, 5.74) is 2.18. The molecule has 1 aliphatic rings. The molecule has 3 atom stereocenters. The van der Waals surface area contributed by atoms with E-state index in [0.717, 1.165) is 48.4 Å². The number of nitrogens with one attached hydrogen (secondary N) is 3. The molecule has 4 N–H and O–H groups in total. The summed E-state index contributed by atoms with van der Waals surface area (Å²) in [5, 5.41) is 16.7. The predicted octanol–water partition coefficient (Wildman–Crippen LogP) is 3.82. The molecule has 2 aromatic carbocycles. The van der Waals surface area contributed by atoms with Gasteiger partial charge in [-0.05, 0) is 41.5 Å². The van der Waals surface area contributed by atoms with E-state index in [1.54, 1.807) is 0 Å².